The second-order valence-corrected chi connectivity index (χ2v) is 5.63. The molecule has 1 N–H and O–H groups in total. The summed E-state index contributed by atoms with van der Waals surface area (Å²) >= 11 is 4.05. The lowest BCUT2D eigenvalue weighted by Crippen LogP contribution is -2.33. The van der Waals surface area contributed by atoms with Gasteiger partial charge >= 0.3 is 5.97 Å². The number of thioether (sulfide) groups is 1. The first-order chi connectivity index (χ1) is 8.97. The molecule has 0 saturated carbocycles. The van der Waals surface area contributed by atoms with E-state index in [2.05, 4.69) is 15.9 Å². The van der Waals surface area contributed by atoms with Gasteiger partial charge in [0, 0.05) is 4.47 Å². The second kappa shape index (κ2) is 5.58. The number of carbonyl (C=O) groups excluding carboxylic acids is 2. The van der Waals surface area contributed by atoms with Crippen LogP contribution >= 0.6 is 27.7 Å². The van der Waals surface area contributed by atoms with Gasteiger partial charge in [-0.3, -0.25) is 19.3 Å². The van der Waals surface area contributed by atoms with Gasteiger partial charge in [0.25, 0.3) is 11.1 Å². The summed E-state index contributed by atoms with van der Waals surface area (Å²) in [4.78, 5) is 34.9. The third-order valence-corrected chi connectivity index (χ3v) is 3.71. The number of hydrogen-bond donors (Lipinski definition) is 1. The molecule has 0 radical (unpaired) electrons. The summed E-state index contributed by atoms with van der Waals surface area (Å²) < 4.78 is 0.853. The summed E-state index contributed by atoms with van der Waals surface area (Å²) in [6.45, 7) is -0.611. The minimum absolute atomic E-state index is 0.226. The second-order valence-electron chi connectivity index (χ2n) is 3.72. The van der Waals surface area contributed by atoms with Crippen LogP contribution in [0.1, 0.15) is 5.56 Å². The normalized spacial score (nSPS) is 17.3. The summed E-state index contributed by atoms with van der Waals surface area (Å²) in [5.41, 5.74) is 0.759. The zero-order chi connectivity index (χ0) is 14.0. The Balaban J connectivity index is 2.25. The summed E-state index contributed by atoms with van der Waals surface area (Å²) in [6, 6.07) is 7.23. The molecule has 0 spiro atoms. The van der Waals surface area contributed by atoms with E-state index in [1.54, 1.807) is 24.3 Å². The number of halogens is 1. The minimum atomic E-state index is -1.22. The van der Waals surface area contributed by atoms with E-state index in [4.69, 9.17) is 5.11 Å². The molecule has 1 aromatic rings. The van der Waals surface area contributed by atoms with Gasteiger partial charge in [-0.05, 0) is 35.5 Å². The van der Waals surface area contributed by atoms with Crippen LogP contribution in [0.3, 0.4) is 0 Å². The Bertz CT molecular complexity index is 599. The van der Waals surface area contributed by atoms with E-state index < -0.39 is 23.7 Å². The molecule has 1 fully saturated rings. The van der Waals surface area contributed by atoms with Crippen molar-refractivity contribution >= 4 is 50.9 Å². The van der Waals surface area contributed by atoms with Gasteiger partial charge in [-0.1, -0.05) is 28.1 Å². The highest BCUT2D eigenvalue weighted by molar-refractivity contribution is 9.10. The number of carboxylic acid groups (broad SMARTS) is 1. The highest BCUT2D eigenvalue weighted by atomic mass is 79.9. The molecule has 0 aromatic heterocycles. The van der Waals surface area contributed by atoms with Crippen LogP contribution in [0.15, 0.2) is 33.6 Å². The van der Waals surface area contributed by atoms with Crippen molar-refractivity contribution in [2.75, 3.05) is 6.54 Å². The maximum atomic E-state index is 11.9. The lowest BCUT2D eigenvalue weighted by Gasteiger charge is -2.07. The summed E-state index contributed by atoms with van der Waals surface area (Å²) in [5.74, 6) is -1.79. The van der Waals surface area contributed by atoms with Gasteiger partial charge in [0.1, 0.15) is 6.54 Å². The number of aliphatic carboxylic acids is 1. The zero-order valence-electron chi connectivity index (χ0n) is 9.50. The van der Waals surface area contributed by atoms with Crippen molar-refractivity contribution in [1.82, 2.24) is 4.90 Å². The van der Waals surface area contributed by atoms with Gasteiger partial charge in [0.2, 0.25) is 0 Å². The van der Waals surface area contributed by atoms with Crippen molar-refractivity contribution in [1.29, 1.82) is 0 Å². The predicted molar refractivity (Wildman–Crippen MR) is 74.5 cm³/mol. The molecule has 1 aromatic carbocycles. The first kappa shape index (κ1) is 13.8. The topological polar surface area (TPSA) is 74.7 Å². The van der Waals surface area contributed by atoms with Crippen LogP contribution in [0.2, 0.25) is 0 Å². The molecule has 5 nitrogen and oxygen atoms in total. The minimum Gasteiger partial charge on any atom is -0.480 e. The lowest BCUT2D eigenvalue weighted by atomic mass is 10.2. The Morgan fingerprint density at radius 2 is 2.16 bits per heavy atom. The summed E-state index contributed by atoms with van der Waals surface area (Å²) in [7, 11) is 0. The molecular formula is C12H8BrNO4S. The van der Waals surface area contributed by atoms with Crippen molar-refractivity contribution in [3.63, 3.8) is 0 Å². The van der Waals surface area contributed by atoms with Crippen molar-refractivity contribution in [3.8, 4) is 0 Å². The van der Waals surface area contributed by atoms with Crippen LogP contribution in [0, 0.1) is 0 Å². The maximum absolute atomic E-state index is 11.9. The summed E-state index contributed by atoms with van der Waals surface area (Å²) in [5, 5.41) is 8.08. The van der Waals surface area contributed by atoms with E-state index in [0.717, 1.165) is 26.7 Å². The van der Waals surface area contributed by atoms with Crippen LogP contribution in [-0.4, -0.2) is 33.7 Å². The monoisotopic (exact) mass is 341 g/mol. The molecule has 1 aliphatic rings. The molecule has 2 rings (SSSR count). The van der Waals surface area contributed by atoms with Gasteiger partial charge < -0.3 is 5.11 Å². The zero-order valence-corrected chi connectivity index (χ0v) is 11.9. The van der Waals surface area contributed by atoms with Crippen molar-refractivity contribution in [3.05, 3.63) is 39.2 Å². The fourth-order valence-electron chi connectivity index (χ4n) is 1.52. The Labute approximate surface area is 121 Å². The van der Waals surface area contributed by atoms with Crippen LogP contribution in [-0.2, 0) is 9.59 Å². The average Bonchev–Trinajstić information content (AvgIpc) is 2.57. The molecule has 0 unspecified atom stereocenters. The first-order valence-corrected chi connectivity index (χ1v) is 6.81. The number of rotatable bonds is 3. The molecule has 1 saturated heterocycles. The van der Waals surface area contributed by atoms with E-state index in [1.807, 2.05) is 6.07 Å². The molecule has 1 heterocycles. The van der Waals surface area contributed by atoms with Crippen molar-refractivity contribution in [2.45, 2.75) is 0 Å². The molecule has 1 aliphatic heterocycles. The number of carboxylic acids is 1. The quantitative estimate of drug-likeness (QED) is 0.855. The Hall–Kier alpha value is -1.60. The van der Waals surface area contributed by atoms with Crippen LogP contribution in [0.4, 0.5) is 4.79 Å². The Kier molecular flexibility index (Phi) is 4.06. The van der Waals surface area contributed by atoms with E-state index >= 15 is 0 Å². The third kappa shape index (κ3) is 3.24. The number of benzene rings is 1. The number of amides is 2. The number of carbonyl (C=O) groups is 3. The molecule has 2 amide bonds. The van der Waals surface area contributed by atoms with Crippen molar-refractivity contribution < 1.29 is 19.5 Å². The number of nitrogens with zero attached hydrogens (tertiary/aromatic N) is 1. The van der Waals surface area contributed by atoms with Gasteiger partial charge in [-0.2, -0.15) is 0 Å². The van der Waals surface area contributed by atoms with Gasteiger partial charge in [0.15, 0.2) is 0 Å². The SMILES string of the molecule is O=C(O)CN1C(=O)S/C(=C\c2cccc(Br)c2)C1=O. The fraction of sp³-hybridized carbons (Fsp3) is 0.0833. The molecule has 98 valence electrons. The summed E-state index contributed by atoms with van der Waals surface area (Å²) in [6.07, 6.45) is 1.57. The van der Waals surface area contributed by atoms with Crippen LogP contribution < -0.4 is 0 Å². The van der Waals surface area contributed by atoms with Gasteiger partial charge in [-0.25, -0.2) is 0 Å². The predicted octanol–water partition coefficient (Wildman–Crippen LogP) is 2.57. The van der Waals surface area contributed by atoms with Crippen LogP contribution in [0.25, 0.3) is 6.08 Å². The Morgan fingerprint density at radius 3 is 2.79 bits per heavy atom. The van der Waals surface area contributed by atoms with Crippen LogP contribution in [0.5, 0.6) is 0 Å². The van der Waals surface area contributed by atoms with E-state index in [9.17, 15) is 14.4 Å². The Morgan fingerprint density at radius 1 is 1.42 bits per heavy atom. The smallest absolute Gasteiger partial charge is 0.323 e. The standard InChI is InChI=1S/C12H8BrNO4S/c13-8-3-1-2-7(4-8)5-9-11(17)14(6-10(15)16)12(18)19-9/h1-5H,6H2,(H,15,16)/b9-5-. The van der Waals surface area contributed by atoms with Gasteiger partial charge in [0.05, 0.1) is 4.91 Å². The van der Waals surface area contributed by atoms with Gasteiger partial charge in [-0.15, -0.1) is 0 Å². The average molecular weight is 342 g/mol. The molecule has 0 bridgehead atoms. The number of hydrogen-bond acceptors (Lipinski definition) is 4. The molecular weight excluding hydrogens is 334 g/mol. The third-order valence-electron chi connectivity index (χ3n) is 2.31. The van der Waals surface area contributed by atoms with Crippen molar-refractivity contribution in [2.24, 2.45) is 0 Å². The number of imide groups is 1. The lowest BCUT2D eigenvalue weighted by molar-refractivity contribution is -0.140. The highest BCUT2D eigenvalue weighted by Crippen LogP contribution is 2.32. The molecule has 7 heteroatoms. The van der Waals surface area contributed by atoms with E-state index in [-0.39, 0.29) is 4.91 Å². The largest absolute Gasteiger partial charge is 0.480 e. The fourth-order valence-corrected chi connectivity index (χ4v) is 2.77. The van der Waals surface area contributed by atoms with E-state index in [1.165, 1.54) is 0 Å². The molecule has 0 atom stereocenters. The maximum Gasteiger partial charge on any atom is 0.323 e. The first-order valence-electron chi connectivity index (χ1n) is 5.20. The highest BCUT2D eigenvalue weighted by Gasteiger charge is 2.36. The van der Waals surface area contributed by atoms with E-state index in [0.29, 0.717) is 0 Å². The molecule has 19 heavy (non-hydrogen) atoms. The molecule has 0 aliphatic carbocycles.